The quantitative estimate of drug-likeness (QED) is 0.579. The molecule has 2 N–H and O–H groups in total. The molecule has 74 valence electrons. The van der Waals surface area contributed by atoms with Gasteiger partial charge in [0.05, 0.1) is 0 Å². The van der Waals surface area contributed by atoms with E-state index in [0.29, 0.717) is 0 Å². The van der Waals surface area contributed by atoms with Crippen LogP contribution in [0.2, 0.25) is 0 Å². The van der Waals surface area contributed by atoms with Gasteiger partial charge in [-0.25, -0.2) is 0 Å². The third-order valence-electron chi connectivity index (χ3n) is 2.29. The minimum absolute atomic E-state index is 0. The Hall–Kier alpha value is -0.120. The van der Waals surface area contributed by atoms with Gasteiger partial charge in [-0.05, 0) is 26.1 Å². The third kappa shape index (κ3) is 4.04. The Morgan fingerprint density at radius 1 is 1.42 bits per heavy atom. The fourth-order valence-corrected chi connectivity index (χ4v) is 1.54. The zero-order valence-electron chi connectivity index (χ0n) is 8.10. The molecule has 12 heavy (non-hydrogen) atoms. The van der Waals surface area contributed by atoms with E-state index < -0.39 is 0 Å². The molecule has 0 atom stereocenters. The first-order valence-corrected chi connectivity index (χ1v) is 5.07. The third-order valence-corrected chi connectivity index (χ3v) is 2.29. The fourth-order valence-electron chi connectivity index (χ4n) is 1.54. The summed E-state index contributed by atoms with van der Waals surface area (Å²) in [6.45, 7) is 10.5. The summed E-state index contributed by atoms with van der Waals surface area (Å²) in [5, 5.41) is 6.70. The summed E-state index contributed by atoms with van der Waals surface area (Å²) in [6.07, 6.45) is 1.29. The lowest BCUT2D eigenvalue weighted by Crippen LogP contribution is -2.44. The normalized spacial score (nSPS) is 19.8. The van der Waals surface area contributed by atoms with E-state index in [1.165, 1.54) is 45.7 Å². The van der Waals surface area contributed by atoms with Crippen molar-refractivity contribution in [1.29, 1.82) is 0 Å². The molecule has 0 aliphatic carbocycles. The first kappa shape index (κ1) is 9.96. The Bertz CT molecular complexity index is 105. The Labute approximate surface area is 77.0 Å². The molecule has 0 radical (unpaired) electrons. The minimum atomic E-state index is 0. The van der Waals surface area contributed by atoms with Crippen molar-refractivity contribution >= 4 is 0 Å². The largest absolute Gasteiger partial charge is 0.317 e. The smallest absolute Gasteiger partial charge is 0.0107 e. The predicted molar refractivity (Wildman–Crippen MR) is 54.6 cm³/mol. The van der Waals surface area contributed by atoms with Crippen LogP contribution in [0.5, 0.6) is 0 Å². The summed E-state index contributed by atoms with van der Waals surface area (Å²) >= 11 is 0. The molecule has 1 heterocycles. The molecule has 0 amide bonds. The molecule has 0 spiro atoms. The van der Waals surface area contributed by atoms with E-state index in [-0.39, 0.29) is 1.43 Å². The van der Waals surface area contributed by atoms with Gasteiger partial charge in [0.25, 0.3) is 0 Å². The minimum Gasteiger partial charge on any atom is -0.317 e. The van der Waals surface area contributed by atoms with Gasteiger partial charge in [-0.2, -0.15) is 0 Å². The van der Waals surface area contributed by atoms with Crippen LogP contribution in [0.1, 0.15) is 14.8 Å². The Balaban J connectivity index is 0.00000144. The Morgan fingerprint density at radius 2 is 2.17 bits per heavy atom. The molecule has 0 aromatic heterocycles. The molecule has 1 saturated heterocycles. The lowest BCUT2D eigenvalue weighted by atomic mass is 10.3. The van der Waals surface area contributed by atoms with Crippen LogP contribution in [-0.2, 0) is 0 Å². The van der Waals surface area contributed by atoms with E-state index >= 15 is 0 Å². The molecule has 0 aromatic rings. The van der Waals surface area contributed by atoms with Gasteiger partial charge in [-0.15, -0.1) is 0 Å². The molecule has 0 saturated carbocycles. The van der Waals surface area contributed by atoms with Crippen molar-refractivity contribution in [2.24, 2.45) is 0 Å². The molecule has 3 heteroatoms. The number of hydrogen-bond donors (Lipinski definition) is 2. The summed E-state index contributed by atoms with van der Waals surface area (Å²) in [6, 6.07) is 0. The molecule has 1 aliphatic rings. The van der Waals surface area contributed by atoms with Gasteiger partial charge >= 0.3 is 0 Å². The molecular formula is C9H23N3. The van der Waals surface area contributed by atoms with Crippen LogP contribution < -0.4 is 10.6 Å². The van der Waals surface area contributed by atoms with Crippen LogP contribution >= 0.6 is 0 Å². The summed E-state index contributed by atoms with van der Waals surface area (Å²) < 4.78 is 0. The second kappa shape index (κ2) is 6.40. The SMILES string of the molecule is CCNCCCN1CCNCC1.[HH]. The molecule has 1 fully saturated rings. The number of rotatable bonds is 5. The van der Waals surface area contributed by atoms with Crippen LogP contribution in [0.25, 0.3) is 0 Å². The lowest BCUT2D eigenvalue weighted by molar-refractivity contribution is 0.238. The summed E-state index contributed by atoms with van der Waals surface area (Å²) in [4.78, 5) is 2.54. The Morgan fingerprint density at radius 3 is 2.83 bits per heavy atom. The van der Waals surface area contributed by atoms with Gasteiger partial charge in [0, 0.05) is 27.6 Å². The van der Waals surface area contributed by atoms with Crippen molar-refractivity contribution in [3.8, 4) is 0 Å². The van der Waals surface area contributed by atoms with E-state index in [4.69, 9.17) is 0 Å². The summed E-state index contributed by atoms with van der Waals surface area (Å²) in [5.74, 6) is 0. The first-order chi connectivity index (χ1) is 5.93. The van der Waals surface area contributed by atoms with Gasteiger partial charge in [0.1, 0.15) is 0 Å². The highest BCUT2D eigenvalue weighted by atomic mass is 15.2. The molecule has 1 rings (SSSR count). The Kier molecular flexibility index (Phi) is 5.32. The van der Waals surface area contributed by atoms with Crippen LogP contribution in [0.4, 0.5) is 0 Å². The molecule has 3 nitrogen and oxygen atoms in total. The van der Waals surface area contributed by atoms with Crippen molar-refractivity contribution < 1.29 is 1.43 Å². The van der Waals surface area contributed by atoms with Gasteiger partial charge in [-0.1, -0.05) is 6.92 Å². The van der Waals surface area contributed by atoms with E-state index in [1.54, 1.807) is 0 Å². The highest BCUT2D eigenvalue weighted by Crippen LogP contribution is 1.92. The summed E-state index contributed by atoms with van der Waals surface area (Å²) in [5.41, 5.74) is 0. The van der Waals surface area contributed by atoms with Crippen molar-refractivity contribution in [1.82, 2.24) is 15.5 Å². The molecular weight excluding hydrogens is 150 g/mol. The predicted octanol–water partition coefficient (Wildman–Crippen LogP) is 0.137. The second-order valence-corrected chi connectivity index (χ2v) is 3.30. The van der Waals surface area contributed by atoms with Crippen molar-refractivity contribution in [2.45, 2.75) is 13.3 Å². The van der Waals surface area contributed by atoms with E-state index in [2.05, 4.69) is 22.5 Å². The van der Waals surface area contributed by atoms with Crippen molar-refractivity contribution in [3.63, 3.8) is 0 Å². The van der Waals surface area contributed by atoms with Gasteiger partial charge in [-0.3, -0.25) is 0 Å². The molecule has 0 unspecified atom stereocenters. The topological polar surface area (TPSA) is 27.3 Å². The van der Waals surface area contributed by atoms with Gasteiger partial charge in [0.2, 0.25) is 0 Å². The molecule has 0 aromatic carbocycles. The summed E-state index contributed by atoms with van der Waals surface area (Å²) in [7, 11) is 0. The van der Waals surface area contributed by atoms with Crippen LogP contribution in [0.15, 0.2) is 0 Å². The monoisotopic (exact) mass is 173 g/mol. The molecule has 0 bridgehead atoms. The number of hydrogen-bond acceptors (Lipinski definition) is 3. The first-order valence-electron chi connectivity index (χ1n) is 5.07. The van der Waals surface area contributed by atoms with Crippen LogP contribution in [-0.4, -0.2) is 50.7 Å². The zero-order valence-corrected chi connectivity index (χ0v) is 8.10. The van der Waals surface area contributed by atoms with Crippen molar-refractivity contribution in [3.05, 3.63) is 0 Å². The maximum absolute atomic E-state index is 3.36. The van der Waals surface area contributed by atoms with E-state index in [0.717, 1.165) is 6.54 Å². The van der Waals surface area contributed by atoms with E-state index in [1.807, 2.05) is 0 Å². The van der Waals surface area contributed by atoms with Crippen LogP contribution in [0.3, 0.4) is 0 Å². The number of piperazine rings is 1. The van der Waals surface area contributed by atoms with E-state index in [9.17, 15) is 0 Å². The van der Waals surface area contributed by atoms with Crippen LogP contribution in [0, 0.1) is 0 Å². The lowest BCUT2D eigenvalue weighted by Gasteiger charge is -2.26. The second-order valence-electron chi connectivity index (χ2n) is 3.30. The average molecular weight is 173 g/mol. The maximum atomic E-state index is 3.36. The highest BCUT2D eigenvalue weighted by Gasteiger charge is 2.07. The standard InChI is InChI=1S/C9H21N3.H2/c1-2-10-4-3-7-12-8-5-11-6-9-12;/h10-11H,2-9H2,1H3;1H. The highest BCUT2D eigenvalue weighted by molar-refractivity contribution is 4.67. The van der Waals surface area contributed by atoms with Gasteiger partial charge in [0.15, 0.2) is 0 Å². The van der Waals surface area contributed by atoms with Gasteiger partial charge < -0.3 is 15.5 Å². The maximum Gasteiger partial charge on any atom is 0.0107 e. The number of nitrogens with zero attached hydrogens (tertiary/aromatic N) is 1. The molecule has 1 aliphatic heterocycles. The van der Waals surface area contributed by atoms with Crippen molar-refractivity contribution in [2.75, 3.05) is 45.8 Å². The zero-order chi connectivity index (χ0) is 8.65. The average Bonchev–Trinajstić information content (AvgIpc) is 2.14. The number of nitrogens with one attached hydrogen (secondary N) is 2. The fraction of sp³-hybridized carbons (Fsp3) is 1.00.